The number of carbonyl (C=O) groups is 1. The van der Waals surface area contributed by atoms with Crippen LogP contribution in [0.1, 0.15) is 16.1 Å². The quantitative estimate of drug-likeness (QED) is 0.809. The maximum absolute atomic E-state index is 12.2. The summed E-state index contributed by atoms with van der Waals surface area (Å²) in [6.45, 7) is 0. The van der Waals surface area contributed by atoms with Gasteiger partial charge in [0.1, 0.15) is 0 Å². The number of aromatic carboxylic acids is 1. The van der Waals surface area contributed by atoms with E-state index in [1.165, 1.54) is 0 Å². The first-order valence-corrected chi connectivity index (χ1v) is 4.36. The Morgan fingerprint density at radius 2 is 2.07 bits per heavy atom. The van der Waals surface area contributed by atoms with Crippen molar-refractivity contribution in [3.8, 4) is 0 Å². The second-order valence-electron chi connectivity index (χ2n) is 2.35. The summed E-state index contributed by atoms with van der Waals surface area (Å²) in [5.41, 5.74) is -2.20. The van der Waals surface area contributed by atoms with E-state index in [0.29, 0.717) is 3.57 Å². The normalized spacial score (nSPS) is 11.4. The van der Waals surface area contributed by atoms with E-state index in [0.717, 1.165) is 12.3 Å². The highest BCUT2D eigenvalue weighted by atomic mass is 127. The topological polar surface area (TPSA) is 50.2 Å². The summed E-state index contributed by atoms with van der Waals surface area (Å²) in [6, 6.07) is 0.929. The molecule has 0 amide bonds. The summed E-state index contributed by atoms with van der Waals surface area (Å²) >= 11 is 1.69. The number of carboxylic acid groups (broad SMARTS) is 1. The van der Waals surface area contributed by atoms with Gasteiger partial charge in [-0.25, -0.2) is 9.78 Å². The Bertz CT molecular complexity index is 378. The highest BCUT2D eigenvalue weighted by molar-refractivity contribution is 14.1. The molecule has 0 saturated heterocycles. The van der Waals surface area contributed by atoms with Crippen LogP contribution < -0.4 is 0 Å². The molecule has 1 rings (SSSR count). The molecule has 0 spiro atoms. The van der Waals surface area contributed by atoms with Gasteiger partial charge in [0.15, 0.2) is 5.69 Å². The van der Waals surface area contributed by atoms with Crippen LogP contribution in [0.3, 0.4) is 0 Å². The third-order valence-electron chi connectivity index (χ3n) is 1.35. The van der Waals surface area contributed by atoms with Gasteiger partial charge in [0.05, 0.1) is 5.56 Å². The van der Waals surface area contributed by atoms with E-state index < -0.39 is 23.4 Å². The lowest BCUT2D eigenvalue weighted by Gasteiger charge is -2.08. The molecule has 1 aromatic rings. The SMILES string of the molecule is O=C(O)c1cc(I)cnc1C(F)(F)F. The van der Waals surface area contributed by atoms with Crippen LogP contribution in [-0.2, 0) is 6.18 Å². The number of hydrogen-bond acceptors (Lipinski definition) is 2. The van der Waals surface area contributed by atoms with Crippen LogP contribution in [0.15, 0.2) is 12.3 Å². The molecule has 0 aliphatic rings. The Kier molecular flexibility index (Phi) is 2.98. The Balaban J connectivity index is 3.37. The molecule has 1 N–H and O–H groups in total. The number of nitrogens with zero attached hydrogens (tertiary/aromatic N) is 1. The second-order valence-corrected chi connectivity index (χ2v) is 3.60. The number of aromatic nitrogens is 1. The zero-order chi connectivity index (χ0) is 10.9. The van der Waals surface area contributed by atoms with Crippen molar-refractivity contribution in [2.24, 2.45) is 0 Å². The summed E-state index contributed by atoms with van der Waals surface area (Å²) in [7, 11) is 0. The zero-order valence-electron chi connectivity index (χ0n) is 6.47. The predicted octanol–water partition coefficient (Wildman–Crippen LogP) is 2.40. The molecule has 0 fully saturated rings. The Hall–Kier alpha value is -0.860. The molecule has 0 bridgehead atoms. The summed E-state index contributed by atoms with van der Waals surface area (Å²) in [5, 5.41) is 8.51. The van der Waals surface area contributed by atoms with Crippen LogP contribution in [0, 0.1) is 3.57 Å². The molecule has 76 valence electrons. The standard InChI is InChI=1S/C7H3F3INO2/c8-7(9,10)5-4(6(13)14)1-3(11)2-12-5/h1-2H,(H,13,14). The highest BCUT2D eigenvalue weighted by Crippen LogP contribution is 2.30. The van der Waals surface area contributed by atoms with Crippen molar-refractivity contribution in [3.63, 3.8) is 0 Å². The number of carboxylic acids is 1. The Labute approximate surface area is 90.1 Å². The van der Waals surface area contributed by atoms with Crippen LogP contribution in [-0.4, -0.2) is 16.1 Å². The average Bonchev–Trinajstić information content (AvgIpc) is 2.01. The lowest BCUT2D eigenvalue weighted by atomic mass is 10.2. The van der Waals surface area contributed by atoms with Crippen molar-refractivity contribution < 1.29 is 23.1 Å². The van der Waals surface area contributed by atoms with Gasteiger partial charge in [0.25, 0.3) is 0 Å². The molecule has 3 nitrogen and oxygen atoms in total. The average molecular weight is 317 g/mol. The maximum atomic E-state index is 12.2. The fourth-order valence-corrected chi connectivity index (χ4v) is 1.28. The molecule has 0 aliphatic heterocycles. The monoisotopic (exact) mass is 317 g/mol. The number of rotatable bonds is 1. The minimum absolute atomic E-state index is 0.341. The molecule has 0 radical (unpaired) electrons. The number of hydrogen-bond donors (Lipinski definition) is 1. The third-order valence-corrected chi connectivity index (χ3v) is 1.94. The molecule has 0 aliphatic carbocycles. The fourth-order valence-electron chi connectivity index (χ4n) is 0.828. The second kappa shape index (κ2) is 3.71. The fraction of sp³-hybridized carbons (Fsp3) is 0.143. The molecule has 1 aromatic heterocycles. The van der Waals surface area contributed by atoms with E-state index in [1.807, 2.05) is 0 Å². The molecule has 14 heavy (non-hydrogen) atoms. The number of halogens is 4. The van der Waals surface area contributed by atoms with E-state index >= 15 is 0 Å². The van der Waals surface area contributed by atoms with E-state index in [9.17, 15) is 18.0 Å². The van der Waals surface area contributed by atoms with Crippen LogP contribution in [0.2, 0.25) is 0 Å². The van der Waals surface area contributed by atoms with Crippen LogP contribution in [0.4, 0.5) is 13.2 Å². The van der Waals surface area contributed by atoms with Crippen molar-refractivity contribution in [1.82, 2.24) is 4.98 Å². The van der Waals surface area contributed by atoms with Crippen LogP contribution >= 0.6 is 22.6 Å². The first kappa shape index (κ1) is 11.2. The van der Waals surface area contributed by atoms with Crippen LogP contribution in [0.25, 0.3) is 0 Å². The summed E-state index contributed by atoms with van der Waals surface area (Å²) in [4.78, 5) is 13.5. The minimum Gasteiger partial charge on any atom is -0.478 e. The molecule has 0 saturated carbocycles. The van der Waals surface area contributed by atoms with E-state index in [1.54, 1.807) is 22.6 Å². The van der Waals surface area contributed by atoms with Crippen LogP contribution in [0.5, 0.6) is 0 Å². The third kappa shape index (κ3) is 2.34. The minimum atomic E-state index is -4.74. The summed E-state index contributed by atoms with van der Waals surface area (Å²) in [5.74, 6) is -1.64. The molecular formula is C7H3F3INO2. The summed E-state index contributed by atoms with van der Waals surface area (Å²) < 4.78 is 37.0. The van der Waals surface area contributed by atoms with E-state index in [4.69, 9.17) is 5.11 Å². The predicted molar refractivity (Wildman–Crippen MR) is 48.9 cm³/mol. The Morgan fingerprint density at radius 3 is 2.50 bits per heavy atom. The van der Waals surface area contributed by atoms with Crippen molar-refractivity contribution in [2.45, 2.75) is 6.18 Å². The van der Waals surface area contributed by atoms with Gasteiger partial charge < -0.3 is 5.11 Å². The highest BCUT2D eigenvalue weighted by Gasteiger charge is 2.37. The lowest BCUT2D eigenvalue weighted by molar-refractivity contribution is -0.141. The summed E-state index contributed by atoms with van der Waals surface area (Å²) in [6.07, 6.45) is -3.77. The molecular weight excluding hydrogens is 314 g/mol. The molecule has 1 heterocycles. The van der Waals surface area contributed by atoms with E-state index in [-0.39, 0.29) is 0 Å². The smallest absolute Gasteiger partial charge is 0.434 e. The molecule has 0 aromatic carbocycles. The lowest BCUT2D eigenvalue weighted by Crippen LogP contribution is -2.15. The van der Waals surface area contributed by atoms with Crippen molar-refractivity contribution in [3.05, 3.63) is 27.1 Å². The van der Waals surface area contributed by atoms with Gasteiger partial charge in [-0.05, 0) is 28.7 Å². The molecule has 0 unspecified atom stereocenters. The van der Waals surface area contributed by atoms with Crippen molar-refractivity contribution in [1.29, 1.82) is 0 Å². The van der Waals surface area contributed by atoms with Gasteiger partial charge in [-0.1, -0.05) is 0 Å². The Morgan fingerprint density at radius 1 is 1.50 bits per heavy atom. The number of pyridine rings is 1. The largest absolute Gasteiger partial charge is 0.478 e. The number of alkyl halides is 3. The van der Waals surface area contributed by atoms with Gasteiger partial charge in [0.2, 0.25) is 0 Å². The van der Waals surface area contributed by atoms with Gasteiger partial charge in [-0.15, -0.1) is 0 Å². The van der Waals surface area contributed by atoms with Gasteiger partial charge in [-0.3, -0.25) is 0 Å². The van der Waals surface area contributed by atoms with E-state index in [2.05, 4.69) is 4.98 Å². The zero-order valence-corrected chi connectivity index (χ0v) is 8.63. The maximum Gasteiger partial charge on any atom is 0.434 e. The van der Waals surface area contributed by atoms with Gasteiger partial charge >= 0.3 is 12.1 Å². The van der Waals surface area contributed by atoms with Gasteiger partial charge in [-0.2, -0.15) is 13.2 Å². The first-order valence-electron chi connectivity index (χ1n) is 3.28. The van der Waals surface area contributed by atoms with Crippen molar-refractivity contribution >= 4 is 28.6 Å². The molecule has 0 atom stereocenters. The first-order chi connectivity index (χ1) is 6.32. The molecule has 7 heteroatoms. The van der Waals surface area contributed by atoms with Gasteiger partial charge in [0, 0.05) is 9.77 Å². The van der Waals surface area contributed by atoms with Crippen molar-refractivity contribution in [2.75, 3.05) is 0 Å².